The lowest BCUT2D eigenvalue weighted by molar-refractivity contribution is 0.101. The van der Waals surface area contributed by atoms with Crippen molar-refractivity contribution >= 4 is 44.5 Å². The molecule has 0 spiro atoms. The molecular formula is C36H33N5O2S. The highest BCUT2D eigenvalue weighted by Crippen LogP contribution is 2.27. The van der Waals surface area contributed by atoms with E-state index in [1.165, 1.54) is 0 Å². The molecule has 220 valence electrons. The molecular weight excluding hydrogens is 566 g/mol. The Balaban J connectivity index is 0.000000181. The molecule has 44 heavy (non-hydrogen) atoms. The van der Waals surface area contributed by atoms with Gasteiger partial charge in [-0.1, -0.05) is 60.7 Å². The first-order valence-electron chi connectivity index (χ1n) is 14.2. The molecule has 0 unspecified atom stereocenters. The van der Waals surface area contributed by atoms with Crippen LogP contribution in [0.2, 0.25) is 0 Å². The van der Waals surface area contributed by atoms with Crippen LogP contribution in [0.15, 0.2) is 114 Å². The lowest BCUT2D eigenvalue weighted by Gasteiger charge is -2.15. The summed E-state index contributed by atoms with van der Waals surface area (Å²) in [5.41, 5.74) is 6.99. The van der Waals surface area contributed by atoms with Crippen LogP contribution in [-0.4, -0.2) is 40.4 Å². The summed E-state index contributed by atoms with van der Waals surface area (Å²) in [6.45, 7) is 9.20. The minimum atomic E-state index is -1.32. The van der Waals surface area contributed by atoms with Gasteiger partial charge in [0.2, 0.25) is 0 Å². The Morgan fingerprint density at radius 1 is 0.659 bits per heavy atom. The van der Waals surface area contributed by atoms with Crippen molar-refractivity contribution in [3.63, 3.8) is 0 Å². The molecule has 0 N–H and O–H groups in total. The highest BCUT2D eigenvalue weighted by atomic mass is 32.2. The van der Waals surface area contributed by atoms with Gasteiger partial charge < -0.3 is 0 Å². The van der Waals surface area contributed by atoms with Crippen molar-refractivity contribution in [1.82, 2.24) is 19.9 Å². The van der Waals surface area contributed by atoms with E-state index in [1.54, 1.807) is 19.3 Å². The van der Waals surface area contributed by atoms with Gasteiger partial charge in [-0.3, -0.25) is 4.79 Å². The first-order valence-corrected chi connectivity index (χ1v) is 15.3. The molecule has 0 aliphatic rings. The maximum Gasteiger partial charge on any atom is 0.162 e. The molecule has 0 saturated carbocycles. The second-order valence-electron chi connectivity index (χ2n) is 11.2. The monoisotopic (exact) mass is 599 g/mol. The van der Waals surface area contributed by atoms with Gasteiger partial charge in [0.1, 0.15) is 11.0 Å². The molecule has 0 aliphatic carbocycles. The highest BCUT2D eigenvalue weighted by molar-refractivity contribution is 7.85. The van der Waals surface area contributed by atoms with E-state index in [9.17, 15) is 9.00 Å². The first-order chi connectivity index (χ1) is 21.1. The number of rotatable bonds is 5. The Labute approximate surface area is 259 Å². The van der Waals surface area contributed by atoms with Crippen molar-refractivity contribution in [2.75, 3.05) is 0 Å². The molecule has 2 aromatic carbocycles. The number of Topliss-reactive ketones (excluding diaryl/α,β-unsaturated/α-hetero) is 1. The van der Waals surface area contributed by atoms with Crippen molar-refractivity contribution in [2.24, 2.45) is 4.40 Å². The van der Waals surface area contributed by atoms with Crippen LogP contribution in [0.5, 0.6) is 0 Å². The molecule has 4 aromatic heterocycles. The third-order valence-corrected chi connectivity index (χ3v) is 8.27. The van der Waals surface area contributed by atoms with E-state index in [0.717, 1.165) is 33.2 Å². The van der Waals surface area contributed by atoms with Crippen LogP contribution in [0, 0.1) is 0 Å². The van der Waals surface area contributed by atoms with Gasteiger partial charge in [-0.2, -0.15) is 4.40 Å². The predicted octanol–water partition coefficient (Wildman–Crippen LogP) is 8.07. The van der Waals surface area contributed by atoms with Crippen LogP contribution in [-0.2, 0) is 11.0 Å². The summed E-state index contributed by atoms with van der Waals surface area (Å²) in [4.78, 5) is 29.7. The van der Waals surface area contributed by atoms with E-state index in [1.807, 2.05) is 125 Å². The SMILES string of the molecule is CC(=N[S@@](=O)C(C)(C)C)c1cc2cccnc2nc1-c1ccccc1.CC(=O)c1cc2cccnc2nc1-c1ccccc1. The van der Waals surface area contributed by atoms with Crippen molar-refractivity contribution in [2.45, 2.75) is 39.4 Å². The maximum absolute atomic E-state index is 12.5. The van der Waals surface area contributed by atoms with Crippen LogP contribution in [0.25, 0.3) is 44.6 Å². The molecule has 7 nitrogen and oxygen atoms in total. The molecule has 1 atom stereocenters. The summed E-state index contributed by atoms with van der Waals surface area (Å²) in [5.74, 6) is 0.0112. The smallest absolute Gasteiger partial charge is 0.162 e. The van der Waals surface area contributed by atoms with Crippen molar-refractivity contribution in [1.29, 1.82) is 0 Å². The van der Waals surface area contributed by atoms with Gasteiger partial charge in [-0.15, -0.1) is 0 Å². The molecule has 0 aliphatic heterocycles. The van der Waals surface area contributed by atoms with Gasteiger partial charge in [0, 0.05) is 45.4 Å². The third kappa shape index (κ3) is 6.98. The highest BCUT2D eigenvalue weighted by Gasteiger charge is 2.21. The lowest BCUT2D eigenvalue weighted by Crippen LogP contribution is -2.20. The van der Waals surface area contributed by atoms with Crippen LogP contribution < -0.4 is 0 Å². The number of hydrogen-bond acceptors (Lipinski definition) is 6. The van der Waals surface area contributed by atoms with E-state index in [4.69, 9.17) is 4.98 Å². The number of pyridine rings is 4. The summed E-state index contributed by atoms with van der Waals surface area (Å²) < 4.78 is 16.5. The number of hydrogen-bond donors (Lipinski definition) is 0. The fraction of sp³-hybridized carbons (Fsp3) is 0.167. The van der Waals surface area contributed by atoms with Gasteiger partial charge in [-0.25, -0.2) is 24.1 Å². The number of carbonyl (C=O) groups excluding carboxylic acids is 1. The fourth-order valence-corrected chi connectivity index (χ4v) is 5.12. The number of benzene rings is 2. The van der Waals surface area contributed by atoms with Crippen LogP contribution >= 0.6 is 0 Å². The largest absolute Gasteiger partial charge is 0.294 e. The molecule has 0 bridgehead atoms. The molecule has 6 rings (SSSR count). The van der Waals surface area contributed by atoms with Crippen molar-refractivity contribution in [3.05, 3.63) is 121 Å². The molecule has 0 fully saturated rings. The first kappa shape index (κ1) is 30.5. The summed E-state index contributed by atoms with van der Waals surface area (Å²) in [6.07, 6.45) is 3.44. The van der Waals surface area contributed by atoms with Gasteiger partial charge in [0.15, 0.2) is 17.1 Å². The summed E-state index contributed by atoms with van der Waals surface area (Å²) in [5, 5.41) is 1.82. The zero-order valence-electron chi connectivity index (χ0n) is 25.4. The number of carbonyl (C=O) groups is 1. The minimum Gasteiger partial charge on any atom is -0.294 e. The Kier molecular flexibility index (Phi) is 9.11. The average molecular weight is 600 g/mol. The minimum absolute atomic E-state index is 0.0112. The topological polar surface area (TPSA) is 98.1 Å². The summed E-state index contributed by atoms with van der Waals surface area (Å²) >= 11 is 0. The van der Waals surface area contributed by atoms with Crippen LogP contribution in [0.4, 0.5) is 0 Å². The predicted molar refractivity (Wildman–Crippen MR) is 180 cm³/mol. The van der Waals surface area contributed by atoms with Gasteiger partial charge >= 0.3 is 0 Å². The molecule has 0 amide bonds. The van der Waals surface area contributed by atoms with Crippen LogP contribution in [0.1, 0.15) is 50.5 Å². The second-order valence-corrected chi connectivity index (χ2v) is 13.1. The zero-order chi connectivity index (χ0) is 31.3. The Hall–Kier alpha value is -4.95. The quantitative estimate of drug-likeness (QED) is 0.147. The van der Waals surface area contributed by atoms with E-state index >= 15 is 0 Å². The normalized spacial score (nSPS) is 12.4. The lowest BCUT2D eigenvalue weighted by atomic mass is 10.0. The Morgan fingerprint density at radius 2 is 1.11 bits per heavy atom. The average Bonchev–Trinajstić information content (AvgIpc) is 3.04. The summed E-state index contributed by atoms with van der Waals surface area (Å²) in [6, 6.07) is 31.1. The number of ketones is 1. The second kappa shape index (κ2) is 13.1. The Morgan fingerprint density at radius 3 is 1.57 bits per heavy atom. The third-order valence-electron chi connectivity index (χ3n) is 6.79. The molecule has 6 aromatic rings. The van der Waals surface area contributed by atoms with E-state index in [0.29, 0.717) is 28.3 Å². The van der Waals surface area contributed by atoms with Crippen molar-refractivity contribution < 1.29 is 9.00 Å². The van der Waals surface area contributed by atoms with E-state index in [2.05, 4.69) is 19.3 Å². The van der Waals surface area contributed by atoms with Gasteiger partial charge in [-0.05, 0) is 71.0 Å². The molecule has 8 heteroatoms. The summed E-state index contributed by atoms with van der Waals surface area (Å²) in [7, 11) is -1.32. The number of fused-ring (bicyclic) bond motifs is 2. The van der Waals surface area contributed by atoms with Crippen molar-refractivity contribution in [3.8, 4) is 22.5 Å². The van der Waals surface area contributed by atoms with E-state index in [-0.39, 0.29) is 5.78 Å². The molecule has 0 radical (unpaired) electrons. The standard InChI is InChI=1S/C20H21N3OS.C16H12N2O/c1-14(23-25(24)20(2,3)4)17-13-16-11-8-12-21-19(16)22-18(17)15-9-6-5-7-10-15;1-11(19)14-10-13-8-5-9-17-16(13)18-15(14)12-6-3-2-4-7-12/h5-13H,1-4H3;2-10H,1H3/t25-;/m0./s1. The van der Waals surface area contributed by atoms with Crippen LogP contribution in [0.3, 0.4) is 0 Å². The van der Waals surface area contributed by atoms with E-state index < -0.39 is 15.7 Å². The number of nitrogens with zero attached hydrogens (tertiary/aromatic N) is 5. The van der Waals surface area contributed by atoms with Gasteiger partial charge in [0.05, 0.1) is 21.8 Å². The Bertz CT molecular complexity index is 2000. The zero-order valence-corrected chi connectivity index (χ0v) is 26.2. The molecule has 4 heterocycles. The fourth-order valence-electron chi connectivity index (χ4n) is 4.50. The van der Waals surface area contributed by atoms with Gasteiger partial charge in [0.25, 0.3) is 0 Å². The molecule has 0 saturated heterocycles. The maximum atomic E-state index is 12.5. The number of aromatic nitrogens is 4.